The van der Waals surface area contributed by atoms with Crippen molar-refractivity contribution in [3.8, 4) is 0 Å². The van der Waals surface area contributed by atoms with Crippen molar-refractivity contribution >= 4 is 17.4 Å². The highest BCUT2D eigenvalue weighted by Gasteiger charge is 2.22. The highest BCUT2D eigenvalue weighted by atomic mass is 35.5. The van der Waals surface area contributed by atoms with E-state index in [1.807, 2.05) is 6.92 Å². The van der Waals surface area contributed by atoms with Crippen LogP contribution in [0.1, 0.15) is 25.1 Å². The zero-order valence-electron chi connectivity index (χ0n) is 10.2. The van der Waals surface area contributed by atoms with Gasteiger partial charge in [0, 0.05) is 13.1 Å². The molecule has 1 saturated heterocycles. The minimum Gasteiger partial charge on any atom is -0.355 e. The second kappa shape index (κ2) is 5.65. The van der Waals surface area contributed by atoms with Crippen LogP contribution in [0.15, 0.2) is 6.20 Å². The van der Waals surface area contributed by atoms with E-state index in [0.717, 1.165) is 37.7 Å². The first kappa shape index (κ1) is 12.6. The molecule has 1 aromatic rings. The molecule has 1 atom stereocenters. The predicted octanol–water partition coefficient (Wildman–Crippen LogP) is 2.00. The Bertz CT molecular complexity index is 381. The summed E-state index contributed by atoms with van der Waals surface area (Å²) in [6, 6.07) is 0. The number of nitrogens with zero attached hydrogens (tertiary/aromatic N) is 3. The molecule has 2 heterocycles. The molecule has 1 fully saturated rings. The summed E-state index contributed by atoms with van der Waals surface area (Å²) >= 11 is 6.16. The average molecular weight is 255 g/mol. The van der Waals surface area contributed by atoms with E-state index in [0.29, 0.717) is 10.9 Å². The van der Waals surface area contributed by atoms with Gasteiger partial charge in [-0.05, 0) is 38.6 Å². The van der Waals surface area contributed by atoms with Crippen molar-refractivity contribution in [1.29, 1.82) is 0 Å². The lowest BCUT2D eigenvalue weighted by atomic mass is 9.95. The van der Waals surface area contributed by atoms with Gasteiger partial charge in [-0.3, -0.25) is 0 Å². The van der Waals surface area contributed by atoms with Crippen LogP contribution in [0.25, 0.3) is 0 Å². The normalized spacial score (nSPS) is 20.6. The molecule has 5 heteroatoms. The molecular weight excluding hydrogens is 236 g/mol. The molecule has 2 N–H and O–H groups in total. The lowest BCUT2D eigenvalue weighted by molar-refractivity contribution is 0.394. The second-order valence-corrected chi connectivity index (χ2v) is 5.03. The van der Waals surface area contributed by atoms with Gasteiger partial charge < -0.3 is 10.6 Å². The predicted molar refractivity (Wildman–Crippen MR) is 70.4 cm³/mol. The Morgan fingerprint density at radius 2 is 2.41 bits per heavy atom. The van der Waals surface area contributed by atoms with E-state index < -0.39 is 0 Å². The highest BCUT2D eigenvalue weighted by molar-refractivity contribution is 6.32. The quantitative estimate of drug-likeness (QED) is 0.897. The van der Waals surface area contributed by atoms with Gasteiger partial charge in [0.05, 0.1) is 6.20 Å². The summed E-state index contributed by atoms with van der Waals surface area (Å²) in [5.41, 5.74) is 5.63. The number of aryl methyl sites for hydroxylation is 1. The smallest absolute Gasteiger partial charge is 0.151 e. The highest BCUT2D eigenvalue weighted by Crippen LogP contribution is 2.28. The van der Waals surface area contributed by atoms with Crippen molar-refractivity contribution in [3.05, 3.63) is 17.0 Å². The fourth-order valence-electron chi connectivity index (χ4n) is 2.39. The van der Waals surface area contributed by atoms with Gasteiger partial charge in [0.1, 0.15) is 10.8 Å². The van der Waals surface area contributed by atoms with Crippen LogP contribution in [0.2, 0.25) is 5.02 Å². The maximum Gasteiger partial charge on any atom is 0.151 e. The average Bonchev–Trinajstić information content (AvgIpc) is 2.33. The molecule has 0 spiro atoms. The van der Waals surface area contributed by atoms with Crippen LogP contribution in [0.4, 0.5) is 5.82 Å². The number of nitrogens with two attached hydrogens (primary N) is 1. The zero-order valence-corrected chi connectivity index (χ0v) is 11.0. The Morgan fingerprint density at radius 3 is 3.18 bits per heavy atom. The summed E-state index contributed by atoms with van der Waals surface area (Å²) in [6.45, 7) is 4.68. The first-order valence-corrected chi connectivity index (χ1v) is 6.52. The van der Waals surface area contributed by atoms with Gasteiger partial charge in [-0.1, -0.05) is 11.6 Å². The Kier molecular flexibility index (Phi) is 4.18. The number of rotatable bonds is 3. The third-order valence-electron chi connectivity index (χ3n) is 3.24. The van der Waals surface area contributed by atoms with Crippen LogP contribution in [0.5, 0.6) is 0 Å². The van der Waals surface area contributed by atoms with Crippen LogP contribution < -0.4 is 10.6 Å². The van der Waals surface area contributed by atoms with E-state index in [4.69, 9.17) is 17.3 Å². The molecule has 4 nitrogen and oxygen atoms in total. The van der Waals surface area contributed by atoms with Gasteiger partial charge in [-0.25, -0.2) is 9.97 Å². The van der Waals surface area contributed by atoms with Crippen molar-refractivity contribution in [2.45, 2.75) is 26.2 Å². The largest absolute Gasteiger partial charge is 0.355 e. The summed E-state index contributed by atoms with van der Waals surface area (Å²) in [6.07, 6.45) is 5.21. The summed E-state index contributed by atoms with van der Waals surface area (Å²) < 4.78 is 0. The molecule has 1 aliphatic rings. The van der Waals surface area contributed by atoms with Crippen molar-refractivity contribution in [1.82, 2.24) is 9.97 Å². The van der Waals surface area contributed by atoms with Crippen LogP contribution in [0.3, 0.4) is 0 Å². The second-order valence-electron chi connectivity index (χ2n) is 4.62. The van der Waals surface area contributed by atoms with Crippen LogP contribution in [0, 0.1) is 12.8 Å². The van der Waals surface area contributed by atoms with Crippen molar-refractivity contribution in [2.75, 3.05) is 24.5 Å². The molecule has 0 aliphatic carbocycles. The third kappa shape index (κ3) is 3.07. The molecule has 0 amide bonds. The van der Waals surface area contributed by atoms with E-state index in [1.54, 1.807) is 6.20 Å². The molecule has 1 aliphatic heterocycles. The lowest BCUT2D eigenvalue weighted by Gasteiger charge is -2.33. The minimum atomic E-state index is 0.643. The van der Waals surface area contributed by atoms with E-state index >= 15 is 0 Å². The van der Waals surface area contributed by atoms with Crippen molar-refractivity contribution < 1.29 is 0 Å². The maximum atomic E-state index is 6.16. The summed E-state index contributed by atoms with van der Waals surface area (Å²) in [5.74, 6) is 2.31. The van der Waals surface area contributed by atoms with Gasteiger partial charge in [0.15, 0.2) is 5.82 Å². The first-order valence-electron chi connectivity index (χ1n) is 6.15. The number of anilines is 1. The molecular formula is C12H19ClN4. The summed E-state index contributed by atoms with van der Waals surface area (Å²) in [7, 11) is 0. The monoisotopic (exact) mass is 254 g/mol. The lowest BCUT2D eigenvalue weighted by Crippen LogP contribution is -2.37. The topological polar surface area (TPSA) is 55.0 Å². The summed E-state index contributed by atoms with van der Waals surface area (Å²) in [4.78, 5) is 10.8. The standard InChI is InChI=1S/C12H19ClN4/c1-9-15-7-11(13)12(16-9)17-6-2-3-10(8-17)4-5-14/h7,10H,2-6,8,14H2,1H3. The number of hydrogen-bond donors (Lipinski definition) is 1. The Hall–Kier alpha value is -0.870. The zero-order chi connectivity index (χ0) is 12.3. The summed E-state index contributed by atoms with van der Waals surface area (Å²) in [5, 5.41) is 0.643. The Balaban J connectivity index is 2.13. The van der Waals surface area contributed by atoms with E-state index in [2.05, 4.69) is 14.9 Å². The Morgan fingerprint density at radius 1 is 1.59 bits per heavy atom. The SMILES string of the molecule is Cc1ncc(Cl)c(N2CCCC(CCN)C2)n1. The van der Waals surface area contributed by atoms with Crippen LogP contribution >= 0.6 is 11.6 Å². The number of piperidine rings is 1. The third-order valence-corrected chi connectivity index (χ3v) is 3.51. The van der Waals surface area contributed by atoms with E-state index in [1.165, 1.54) is 12.8 Å². The molecule has 2 rings (SSSR count). The molecule has 0 bridgehead atoms. The first-order chi connectivity index (χ1) is 8.20. The molecule has 0 aromatic carbocycles. The maximum absolute atomic E-state index is 6.16. The number of halogens is 1. The number of hydrogen-bond acceptors (Lipinski definition) is 4. The van der Waals surface area contributed by atoms with Gasteiger partial charge >= 0.3 is 0 Å². The van der Waals surface area contributed by atoms with Crippen LogP contribution in [-0.2, 0) is 0 Å². The fraction of sp³-hybridized carbons (Fsp3) is 0.667. The molecule has 94 valence electrons. The van der Waals surface area contributed by atoms with E-state index in [-0.39, 0.29) is 0 Å². The molecule has 1 unspecified atom stereocenters. The van der Waals surface area contributed by atoms with Gasteiger partial charge in [-0.15, -0.1) is 0 Å². The molecule has 17 heavy (non-hydrogen) atoms. The Labute approximate surface area is 107 Å². The van der Waals surface area contributed by atoms with Gasteiger partial charge in [0.2, 0.25) is 0 Å². The van der Waals surface area contributed by atoms with Crippen molar-refractivity contribution in [3.63, 3.8) is 0 Å². The van der Waals surface area contributed by atoms with Gasteiger partial charge in [-0.2, -0.15) is 0 Å². The van der Waals surface area contributed by atoms with Crippen molar-refractivity contribution in [2.24, 2.45) is 11.7 Å². The van der Waals surface area contributed by atoms with Gasteiger partial charge in [0.25, 0.3) is 0 Å². The number of aromatic nitrogens is 2. The molecule has 0 saturated carbocycles. The minimum absolute atomic E-state index is 0.643. The fourth-order valence-corrected chi connectivity index (χ4v) is 2.60. The van der Waals surface area contributed by atoms with E-state index in [9.17, 15) is 0 Å². The molecule has 0 radical (unpaired) electrons. The van der Waals surface area contributed by atoms with Crippen LogP contribution in [-0.4, -0.2) is 29.6 Å². The molecule has 1 aromatic heterocycles.